The van der Waals surface area contributed by atoms with Crippen LogP contribution in [0.4, 0.5) is 0 Å². The fraction of sp³-hybridized carbons (Fsp3) is 0.349. The first-order valence-corrected chi connectivity index (χ1v) is 33.8. The van der Waals surface area contributed by atoms with Crippen LogP contribution in [0.3, 0.4) is 0 Å². The zero-order valence-electron chi connectivity index (χ0n) is 29.9. The summed E-state index contributed by atoms with van der Waals surface area (Å²) in [4.78, 5) is 0. The van der Waals surface area contributed by atoms with Crippen molar-refractivity contribution in [2.45, 2.75) is 87.1 Å². The Morgan fingerprint density at radius 1 is 0.638 bits per heavy atom. The van der Waals surface area contributed by atoms with Gasteiger partial charge in [-0.25, -0.2) is 0 Å². The average molecular weight is 758 g/mol. The molecule has 2 unspecified atom stereocenters. The monoisotopic (exact) mass is 755 g/mol. The Morgan fingerprint density at radius 3 is 1.60 bits per heavy atom. The van der Waals surface area contributed by atoms with E-state index in [2.05, 4.69) is 166 Å². The van der Waals surface area contributed by atoms with Gasteiger partial charge in [0, 0.05) is 0 Å². The predicted octanol–water partition coefficient (Wildman–Crippen LogP) is 13.7. The van der Waals surface area contributed by atoms with Crippen LogP contribution in [-0.2, 0) is 21.0 Å². The molecular weight excluding hydrogens is 707 g/mol. The zero-order chi connectivity index (χ0) is 34.1. The second-order valence-corrected chi connectivity index (χ2v) is 58.7. The Kier molecular flexibility index (Phi) is 9.22. The van der Waals surface area contributed by atoms with Gasteiger partial charge in [0.2, 0.25) is 0 Å². The molecule has 0 nitrogen and oxygen atoms in total. The van der Waals surface area contributed by atoms with Crippen molar-refractivity contribution in [2.75, 3.05) is 0 Å². The molecule has 4 aromatic carbocycles. The van der Waals surface area contributed by atoms with Gasteiger partial charge in [-0.15, -0.1) is 0 Å². The Labute approximate surface area is 293 Å². The molecular formula is C43H51Cl2SiZr. The van der Waals surface area contributed by atoms with Gasteiger partial charge in [-0.1, -0.05) is 0 Å². The van der Waals surface area contributed by atoms with E-state index in [1.165, 1.54) is 66.8 Å². The van der Waals surface area contributed by atoms with E-state index in [9.17, 15) is 0 Å². The third kappa shape index (κ3) is 5.78. The fourth-order valence-electron chi connectivity index (χ4n) is 8.36. The van der Waals surface area contributed by atoms with Crippen molar-refractivity contribution < 1.29 is 15.6 Å². The standard InChI is InChI=1S/C21H23.C20H21.C2H7Si.2ClH.Zr/c1-14(2)16-8-10-17(11-9-16)20-7-5-6-18-12-19(15(3)4)13-21(18)20;1-14-12-16-6-5-7-18(19(16)13-14)15-8-10-17(11-9-15)20(2,3)4;1-3-2;;;/h5-15H,1-4H3;5-13H,1-4H3;3H,1-2H3;2*1H;/q;;;;;+2/p-2. The molecule has 0 bridgehead atoms. The van der Waals surface area contributed by atoms with Crippen LogP contribution in [0.25, 0.3) is 34.4 Å². The maximum absolute atomic E-state index is 8.61. The molecule has 47 heavy (non-hydrogen) atoms. The first kappa shape index (κ1) is 34.9. The number of fused-ring (bicyclic) bond motifs is 2. The first-order chi connectivity index (χ1) is 22.0. The van der Waals surface area contributed by atoms with E-state index in [-0.39, 0.29) is 12.7 Å². The molecule has 0 amide bonds. The van der Waals surface area contributed by atoms with Gasteiger partial charge < -0.3 is 0 Å². The molecule has 245 valence electrons. The van der Waals surface area contributed by atoms with E-state index in [0.717, 1.165) is 0 Å². The third-order valence-corrected chi connectivity index (χ3v) is 63.2. The van der Waals surface area contributed by atoms with Crippen molar-refractivity contribution in [3.63, 3.8) is 0 Å². The van der Waals surface area contributed by atoms with Crippen molar-refractivity contribution in [3.8, 4) is 22.3 Å². The quantitative estimate of drug-likeness (QED) is 0.165. The number of hydrogen-bond acceptors (Lipinski definition) is 0. The molecule has 2 atom stereocenters. The summed E-state index contributed by atoms with van der Waals surface area (Å²) in [7, 11) is 17.2. The molecule has 0 saturated carbocycles. The summed E-state index contributed by atoms with van der Waals surface area (Å²) in [6, 6.07) is 32.0. The van der Waals surface area contributed by atoms with E-state index in [0.29, 0.717) is 11.8 Å². The molecule has 6 rings (SSSR count). The first-order valence-electron chi connectivity index (χ1n) is 17.5. The summed E-state index contributed by atoms with van der Waals surface area (Å²) < 4.78 is 0.174. The second kappa shape index (κ2) is 12.4. The SMILES string of the molecule is CC1=Cc2c(-c3ccc(C(C)(C)C)cc3)cccc2[CH]1[Zr]([Cl])([Cl])([CH]1C(C(C)C)=Cc2c(-c3ccc(C(C)C)cc3)cccc21)[SiH](C)C. The molecule has 2 aliphatic rings. The van der Waals surface area contributed by atoms with Crippen LogP contribution in [0, 0.1) is 5.92 Å². The van der Waals surface area contributed by atoms with Gasteiger partial charge in [0.25, 0.3) is 0 Å². The summed E-state index contributed by atoms with van der Waals surface area (Å²) in [5.74, 6) is -0.766. The minimum absolute atomic E-state index is 0.0855. The maximum atomic E-state index is 8.61. The molecule has 0 heterocycles. The number of allylic oxidation sites excluding steroid dienone is 2. The van der Waals surface area contributed by atoms with E-state index < -0.39 is 21.5 Å². The average Bonchev–Trinajstić information content (AvgIpc) is 3.60. The van der Waals surface area contributed by atoms with Crippen LogP contribution >= 0.6 is 17.0 Å². The van der Waals surface area contributed by atoms with Crippen LogP contribution < -0.4 is 0 Å². The summed E-state index contributed by atoms with van der Waals surface area (Å²) in [5, 5.41) is 0. The number of benzene rings is 4. The molecule has 0 aliphatic heterocycles. The normalized spacial score (nSPS) is 18.7. The molecule has 0 N–H and O–H groups in total. The molecule has 0 fully saturated rings. The van der Waals surface area contributed by atoms with Crippen molar-refractivity contribution in [1.29, 1.82) is 0 Å². The van der Waals surface area contributed by atoms with E-state index in [4.69, 9.17) is 17.0 Å². The topological polar surface area (TPSA) is 0 Å². The molecule has 2 aliphatic carbocycles. The van der Waals surface area contributed by atoms with Gasteiger partial charge in [-0.2, -0.15) is 0 Å². The molecule has 0 saturated heterocycles. The Bertz CT molecular complexity index is 1890. The van der Waals surface area contributed by atoms with Gasteiger partial charge >= 0.3 is 295 Å². The molecule has 0 aromatic heterocycles. The molecule has 0 radical (unpaired) electrons. The van der Waals surface area contributed by atoms with E-state index in [1.54, 1.807) is 0 Å². The Hall–Kier alpha value is -1.96. The van der Waals surface area contributed by atoms with Crippen molar-refractivity contribution >= 4 is 35.1 Å². The fourth-order valence-corrected chi connectivity index (χ4v) is 40.6. The van der Waals surface area contributed by atoms with E-state index in [1.807, 2.05) is 0 Å². The second-order valence-electron chi connectivity index (χ2n) is 16.2. The van der Waals surface area contributed by atoms with Crippen molar-refractivity contribution in [3.05, 3.63) is 129 Å². The van der Waals surface area contributed by atoms with Crippen LogP contribution in [0.2, 0.25) is 13.1 Å². The predicted molar refractivity (Wildman–Crippen MR) is 209 cm³/mol. The van der Waals surface area contributed by atoms with Crippen LogP contribution in [0.15, 0.2) is 96.1 Å². The minimum atomic E-state index is -4.80. The van der Waals surface area contributed by atoms with Gasteiger partial charge in [0.15, 0.2) is 0 Å². The van der Waals surface area contributed by atoms with Crippen molar-refractivity contribution in [2.24, 2.45) is 5.92 Å². The number of rotatable bonds is 7. The van der Waals surface area contributed by atoms with Crippen LogP contribution in [0.5, 0.6) is 0 Å². The molecule has 0 spiro atoms. The van der Waals surface area contributed by atoms with E-state index >= 15 is 0 Å². The molecule has 4 heteroatoms. The van der Waals surface area contributed by atoms with Crippen LogP contribution in [0.1, 0.15) is 102 Å². The summed E-state index contributed by atoms with van der Waals surface area (Å²) >= 11 is -4.80. The summed E-state index contributed by atoms with van der Waals surface area (Å²) in [6.07, 6.45) is 4.90. The van der Waals surface area contributed by atoms with Gasteiger partial charge in [0.1, 0.15) is 0 Å². The van der Waals surface area contributed by atoms with Crippen molar-refractivity contribution in [1.82, 2.24) is 0 Å². The summed E-state index contributed by atoms with van der Waals surface area (Å²) in [5.41, 5.74) is 16.0. The van der Waals surface area contributed by atoms with Gasteiger partial charge in [-0.05, 0) is 0 Å². The third-order valence-electron chi connectivity index (χ3n) is 11.2. The Morgan fingerprint density at radius 2 is 1.13 bits per heavy atom. The summed E-state index contributed by atoms with van der Waals surface area (Å²) in [6.45, 7) is 23.2. The van der Waals surface area contributed by atoms with Crippen LogP contribution in [-0.4, -0.2) is 5.92 Å². The Balaban J connectivity index is 1.52. The zero-order valence-corrected chi connectivity index (χ0v) is 35.0. The van der Waals surface area contributed by atoms with Gasteiger partial charge in [0.05, 0.1) is 0 Å². The van der Waals surface area contributed by atoms with Gasteiger partial charge in [-0.3, -0.25) is 0 Å². The number of halogens is 2. The molecule has 4 aromatic rings. The number of hydrogen-bond donors (Lipinski definition) is 0.